The van der Waals surface area contributed by atoms with Crippen molar-refractivity contribution in [2.75, 3.05) is 6.61 Å². The highest BCUT2D eigenvalue weighted by Crippen LogP contribution is 2.16. The lowest BCUT2D eigenvalue weighted by atomic mass is 9.94. The summed E-state index contributed by atoms with van der Waals surface area (Å²) in [6.07, 6.45) is 1.27. The molecule has 0 aliphatic heterocycles. The fourth-order valence-electron chi connectivity index (χ4n) is 0. The number of aliphatic hydroxyl groups excluding tert-OH is 1. The van der Waals surface area contributed by atoms with E-state index >= 15 is 0 Å². The third-order valence-corrected chi connectivity index (χ3v) is 1.06. The van der Waals surface area contributed by atoms with Gasteiger partial charge in [-0.15, -0.1) is 0 Å². The summed E-state index contributed by atoms with van der Waals surface area (Å²) in [4.78, 5) is 0. The van der Waals surface area contributed by atoms with Gasteiger partial charge in [-0.2, -0.15) is 0 Å². The highest BCUT2D eigenvalue weighted by Gasteiger charge is 2.03. The van der Waals surface area contributed by atoms with Crippen molar-refractivity contribution < 1.29 is 5.11 Å². The van der Waals surface area contributed by atoms with E-state index in [1.54, 1.807) is 6.92 Å². The molecule has 0 aromatic carbocycles. The maximum Gasteiger partial charge on any atom is 0.0402 e. The molecule has 0 amide bonds. The molecule has 0 saturated heterocycles. The largest absolute Gasteiger partial charge is 0.397 e. The Bertz CT molecular complexity index is 43.0. The first-order chi connectivity index (χ1) is 3.97. The number of hydrogen-bond donors (Lipinski definition) is 1. The second-order valence-corrected chi connectivity index (χ2v) is 3.23. The molecule has 1 heteroatoms. The molecule has 0 unspecified atom stereocenters. The molecular weight excluding hydrogens is 112 g/mol. The SMILES string of the molecule is CCC(C)(C)C.CCO. The molecule has 0 heterocycles. The first kappa shape index (κ1) is 11.7. The minimum Gasteiger partial charge on any atom is -0.397 e. The van der Waals surface area contributed by atoms with Crippen LogP contribution in [0.2, 0.25) is 0 Å². The third kappa shape index (κ3) is 32.3. The van der Waals surface area contributed by atoms with Crippen molar-refractivity contribution in [1.29, 1.82) is 0 Å². The van der Waals surface area contributed by atoms with Crippen LogP contribution in [0, 0.1) is 5.41 Å². The predicted octanol–water partition coefficient (Wildman–Crippen LogP) is 2.44. The molecule has 1 N–H and O–H groups in total. The van der Waals surface area contributed by atoms with Gasteiger partial charge in [0, 0.05) is 6.61 Å². The zero-order valence-electron chi connectivity index (χ0n) is 7.36. The maximum atomic E-state index is 7.57. The molecule has 1 nitrogen and oxygen atoms in total. The molecule has 0 rings (SSSR count). The van der Waals surface area contributed by atoms with Crippen LogP contribution in [-0.4, -0.2) is 11.7 Å². The molecule has 0 saturated carbocycles. The second-order valence-electron chi connectivity index (χ2n) is 3.23. The summed E-state index contributed by atoms with van der Waals surface area (Å²) in [7, 11) is 0. The van der Waals surface area contributed by atoms with E-state index in [-0.39, 0.29) is 6.61 Å². The number of hydrogen-bond acceptors (Lipinski definition) is 1. The van der Waals surface area contributed by atoms with Gasteiger partial charge in [0.05, 0.1) is 0 Å². The Morgan fingerprint density at radius 1 is 1.11 bits per heavy atom. The Labute approximate surface area is 59.1 Å². The Morgan fingerprint density at radius 2 is 1.22 bits per heavy atom. The van der Waals surface area contributed by atoms with E-state index in [9.17, 15) is 0 Å². The van der Waals surface area contributed by atoms with Crippen LogP contribution < -0.4 is 0 Å². The van der Waals surface area contributed by atoms with E-state index in [1.807, 2.05) is 0 Å². The van der Waals surface area contributed by atoms with Crippen LogP contribution in [0.3, 0.4) is 0 Å². The van der Waals surface area contributed by atoms with Crippen LogP contribution in [0.4, 0.5) is 0 Å². The van der Waals surface area contributed by atoms with Crippen molar-refractivity contribution in [2.45, 2.75) is 41.0 Å². The van der Waals surface area contributed by atoms with Crippen molar-refractivity contribution in [3.8, 4) is 0 Å². The smallest absolute Gasteiger partial charge is 0.0402 e. The lowest BCUT2D eigenvalue weighted by Crippen LogP contribution is -2.00. The molecular formula is C8H20O. The molecule has 0 aliphatic rings. The zero-order chi connectivity index (χ0) is 7.91. The van der Waals surface area contributed by atoms with Crippen LogP contribution in [0.5, 0.6) is 0 Å². The first-order valence-electron chi connectivity index (χ1n) is 3.58. The standard InChI is InChI=1S/C6H14.C2H6O/c1-5-6(2,3)4;1-2-3/h5H2,1-4H3;3H,2H2,1H3. The Morgan fingerprint density at radius 3 is 1.22 bits per heavy atom. The molecule has 0 radical (unpaired) electrons. The summed E-state index contributed by atoms with van der Waals surface area (Å²) in [6, 6.07) is 0. The number of aliphatic hydroxyl groups is 1. The van der Waals surface area contributed by atoms with Gasteiger partial charge in [-0.05, 0) is 12.3 Å². The van der Waals surface area contributed by atoms with Crippen molar-refractivity contribution in [3.05, 3.63) is 0 Å². The molecule has 0 bridgehead atoms. The summed E-state index contributed by atoms with van der Waals surface area (Å²) in [5, 5.41) is 7.57. The molecule has 58 valence electrons. The van der Waals surface area contributed by atoms with Crippen molar-refractivity contribution in [1.82, 2.24) is 0 Å². The maximum absolute atomic E-state index is 7.57. The summed E-state index contributed by atoms with van der Waals surface area (Å²) >= 11 is 0. The van der Waals surface area contributed by atoms with Gasteiger partial charge in [0.2, 0.25) is 0 Å². The van der Waals surface area contributed by atoms with Gasteiger partial charge < -0.3 is 5.11 Å². The molecule has 0 aromatic heterocycles. The summed E-state index contributed by atoms with van der Waals surface area (Å²) in [5.74, 6) is 0. The van der Waals surface area contributed by atoms with Crippen molar-refractivity contribution in [3.63, 3.8) is 0 Å². The zero-order valence-corrected chi connectivity index (χ0v) is 7.36. The third-order valence-electron chi connectivity index (χ3n) is 1.06. The average molecular weight is 132 g/mol. The van der Waals surface area contributed by atoms with E-state index in [1.165, 1.54) is 6.42 Å². The Hall–Kier alpha value is -0.0400. The topological polar surface area (TPSA) is 20.2 Å². The lowest BCUT2D eigenvalue weighted by Gasteiger charge is -2.12. The van der Waals surface area contributed by atoms with Gasteiger partial charge in [-0.3, -0.25) is 0 Å². The predicted molar refractivity (Wildman–Crippen MR) is 42.5 cm³/mol. The van der Waals surface area contributed by atoms with Gasteiger partial charge in [0.25, 0.3) is 0 Å². The molecule has 0 aliphatic carbocycles. The summed E-state index contributed by atoms with van der Waals surface area (Å²) < 4.78 is 0. The van der Waals surface area contributed by atoms with Gasteiger partial charge in [0.1, 0.15) is 0 Å². The Balaban J connectivity index is 0. The normalized spacial score (nSPS) is 10.0. The Kier molecular flexibility index (Phi) is 7.92. The van der Waals surface area contributed by atoms with Crippen LogP contribution in [0.15, 0.2) is 0 Å². The van der Waals surface area contributed by atoms with E-state index in [0.29, 0.717) is 5.41 Å². The van der Waals surface area contributed by atoms with E-state index in [0.717, 1.165) is 0 Å². The molecule has 0 aromatic rings. The highest BCUT2D eigenvalue weighted by atomic mass is 16.2. The van der Waals surface area contributed by atoms with Crippen LogP contribution in [0.1, 0.15) is 41.0 Å². The monoisotopic (exact) mass is 132 g/mol. The van der Waals surface area contributed by atoms with Gasteiger partial charge in [-0.1, -0.05) is 34.1 Å². The highest BCUT2D eigenvalue weighted by molar-refractivity contribution is 4.55. The van der Waals surface area contributed by atoms with Gasteiger partial charge >= 0.3 is 0 Å². The second kappa shape index (κ2) is 6.09. The fourth-order valence-corrected chi connectivity index (χ4v) is 0. The average Bonchev–Trinajstić information content (AvgIpc) is 1.67. The van der Waals surface area contributed by atoms with Crippen molar-refractivity contribution >= 4 is 0 Å². The molecule has 0 atom stereocenters. The minimum atomic E-state index is 0.250. The first-order valence-corrected chi connectivity index (χ1v) is 3.58. The molecule has 0 fully saturated rings. The summed E-state index contributed by atoms with van der Waals surface area (Å²) in [5.41, 5.74) is 0.542. The fraction of sp³-hybridized carbons (Fsp3) is 1.00. The lowest BCUT2D eigenvalue weighted by molar-refractivity contribution is 0.318. The van der Waals surface area contributed by atoms with Gasteiger partial charge in [0.15, 0.2) is 0 Å². The van der Waals surface area contributed by atoms with E-state index < -0.39 is 0 Å². The van der Waals surface area contributed by atoms with Crippen LogP contribution in [0.25, 0.3) is 0 Å². The summed E-state index contributed by atoms with van der Waals surface area (Å²) in [6.45, 7) is 10.9. The molecule has 9 heavy (non-hydrogen) atoms. The van der Waals surface area contributed by atoms with Crippen molar-refractivity contribution in [2.24, 2.45) is 5.41 Å². The quantitative estimate of drug-likeness (QED) is 0.536. The molecule has 0 spiro atoms. The van der Waals surface area contributed by atoms with Crippen LogP contribution in [-0.2, 0) is 0 Å². The van der Waals surface area contributed by atoms with E-state index in [2.05, 4.69) is 27.7 Å². The van der Waals surface area contributed by atoms with Crippen LogP contribution >= 0.6 is 0 Å². The van der Waals surface area contributed by atoms with Gasteiger partial charge in [-0.25, -0.2) is 0 Å². The number of rotatable bonds is 0. The minimum absolute atomic E-state index is 0.250. The van der Waals surface area contributed by atoms with E-state index in [4.69, 9.17) is 5.11 Å².